The van der Waals surface area contributed by atoms with Crippen LogP contribution in [0.5, 0.6) is 0 Å². The highest BCUT2D eigenvalue weighted by molar-refractivity contribution is 5.93. The van der Waals surface area contributed by atoms with E-state index in [1.54, 1.807) is 0 Å². The fraction of sp³-hybridized carbons (Fsp3) is 0.904. The van der Waals surface area contributed by atoms with E-state index in [0.29, 0.717) is 12.2 Å². The van der Waals surface area contributed by atoms with Gasteiger partial charge in [-0.1, -0.05) is 238 Å². The van der Waals surface area contributed by atoms with E-state index in [1.165, 1.54) is 218 Å². The van der Waals surface area contributed by atoms with Gasteiger partial charge in [0.1, 0.15) is 17.9 Å². The number of rotatable bonds is 48. The summed E-state index contributed by atoms with van der Waals surface area (Å²) < 4.78 is 0. The predicted octanol–water partition coefficient (Wildman–Crippen LogP) is 17.7. The molecule has 0 aliphatic heterocycles. The van der Waals surface area contributed by atoms with Crippen molar-refractivity contribution in [2.75, 3.05) is 0 Å². The molecule has 0 rings (SSSR count). The lowest BCUT2D eigenvalue weighted by atomic mass is 9.94. The number of hydrogen-bond donors (Lipinski definition) is 0. The van der Waals surface area contributed by atoms with Crippen LogP contribution in [0.15, 0.2) is 12.2 Å². The summed E-state index contributed by atoms with van der Waals surface area (Å²) in [7, 11) is 0. The molecule has 55 heavy (non-hydrogen) atoms. The topological polar surface area (TPSA) is 51.2 Å². The van der Waals surface area contributed by atoms with Crippen molar-refractivity contribution in [3.8, 4) is 0 Å². The first-order valence-electron chi connectivity index (χ1n) is 25.3. The Bertz CT molecular complexity index is 816. The molecular weight excluding hydrogens is 673 g/mol. The molecular formula is C52H98O3. The van der Waals surface area contributed by atoms with Crippen LogP contribution in [0.2, 0.25) is 0 Å². The Kier molecular flexibility index (Phi) is 46.1. The van der Waals surface area contributed by atoms with Crippen molar-refractivity contribution in [3.05, 3.63) is 12.2 Å². The maximum Gasteiger partial charge on any atom is 0.143 e. The van der Waals surface area contributed by atoms with Gasteiger partial charge >= 0.3 is 0 Å². The third-order valence-corrected chi connectivity index (χ3v) is 12.0. The van der Waals surface area contributed by atoms with Crippen LogP contribution in [0, 0.1) is 5.92 Å². The Morgan fingerprint density at radius 3 is 0.945 bits per heavy atom. The van der Waals surface area contributed by atoms with Gasteiger partial charge in [0.25, 0.3) is 0 Å². The normalized spacial score (nSPS) is 12.2. The van der Waals surface area contributed by atoms with Crippen LogP contribution in [0.4, 0.5) is 0 Å². The van der Waals surface area contributed by atoms with Crippen LogP contribution in [-0.2, 0) is 14.4 Å². The largest absolute Gasteiger partial charge is 0.303 e. The molecule has 0 aromatic heterocycles. The van der Waals surface area contributed by atoms with Crippen LogP contribution in [0.3, 0.4) is 0 Å². The number of unbranched alkanes of at least 4 members (excludes halogenated alkanes) is 36. The third kappa shape index (κ3) is 43.7. The standard InChI is InChI=1S/C52H98O3/c1-3-5-7-9-11-13-15-17-18-23-26-30-34-38-42-46-51(54)47-43-39-35-31-27-24-20-19-22-25-29-33-37-41-45-50(49-53)52(55)48-44-40-36-32-28-21-16-14-12-10-8-6-4-2/h17-18,49-50H,3-16,19-48H2,1-2H3/b18-17-. The number of Topliss-reactive ketones (excluding diaryl/α,β-unsaturated/α-hetero) is 2. The maximum atomic E-state index is 12.5. The quantitative estimate of drug-likeness (QED) is 0.0268. The van der Waals surface area contributed by atoms with Crippen LogP contribution < -0.4 is 0 Å². The van der Waals surface area contributed by atoms with Crippen LogP contribution in [-0.4, -0.2) is 17.9 Å². The zero-order chi connectivity index (χ0) is 40.0. The molecule has 0 saturated carbocycles. The van der Waals surface area contributed by atoms with E-state index in [0.717, 1.165) is 64.1 Å². The van der Waals surface area contributed by atoms with Crippen LogP contribution in [0.25, 0.3) is 0 Å². The zero-order valence-corrected chi connectivity index (χ0v) is 37.6. The summed E-state index contributed by atoms with van der Waals surface area (Å²) in [5.41, 5.74) is 0. The van der Waals surface area contributed by atoms with Crippen molar-refractivity contribution in [1.29, 1.82) is 0 Å². The molecule has 0 bridgehead atoms. The maximum absolute atomic E-state index is 12.5. The minimum atomic E-state index is -0.355. The van der Waals surface area contributed by atoms with Crippen molar-refractivity contribution in [2.24, 2.45) is 5.92 Å². The summed E-state index contributed by atoms with van der Waals surface area (Å²) >= 11 is 0. The molecule has 324 valence electrons. The Morgan fingerprint density at radius 1 is 0.345 bits per heavy atom. The third-order valence-electron chi connectivity index (χ3n) is 12.0. The summed E-state index contributed by atoms with van der Waals surface area (Å²) in [5.74, 6) is 0.326. The van der Waals surface area contributed by atoms with Gasteiger partial charge in [0.05, 0.1) is 5.92 Å². The van der Waals surface area contributed by atoms with Gasteiger partial charge < -0.3 is 4.79 Å². The molecule has 0 fully saturated rings. The minimum Gasteiger partial charge on any atom is -0.303 e. The summed E-state index contributed by atoms with van der Waals surface area (Å²) in [5, 5.41) is 0. The fourth-order valence-electron chi connectivity index (χ4n) is 8.13. The molecule has 0 radical (unpaired) electrons. The van der Waals surface area contributed by atoms with Gasteiger partial charge in [0, 0.05) is 19.3 Å². The molecule has 0 aliphatic rings. The Morgan fingerprint density at radius 2 is 0.618 bits per heavy atom. The molecule has 0 aromatic carbocycles. The molecule has 1 atom stereocenters. The fourth-order valence-corrected chi connectivity index (χ4v) is 8.13. The summed E-state index contributed by atoms with van der Waals surface area (Å²) in [6.45, 7) is 4.56. The second kappa shape index (κ2) is 47.1. The van der Waals surface area contributed by atoms with E-state index in [4.69, 9.17) is 0 Å². The summed E-state index contributed by atoms with van der Waals surface area (Å²) in [6.07, 6.45) is 60.4. The van der Waals surface area contributed by atoms with Crippen molar-refractivity contribution in [1.82, 2.24) is 0 Å². The molecule has 3 nitrogen and oxygen atoms in total. The van der Waals surface area contributed by atoms with Gasteiger partial charge in [0.15, 0.2) is 0 Å². The average Bonchev–Trinajstić information content (AvgIpc) is 3.19. The lowest BCUT2D eigenvalue weighted by molar-refractivity contribution is -0.127. The Balaban J connectivity index is 3.38. The second-order valence-corrected chi connectivity index (χ2v) is 17.6. The minimum absolute atomic E-state index is 0.187. The van der Waals surface area contributed by atoms with Crippen molar-refractivity contribution in [2.45, 2.75) is 296 Å². The number of carbonyl (C=O) groups excluding carboxylic acids is 3. The van der Waals surface area contributed by atoms with E-state index < -0.39 is 0 Å². The molecule has 0 aromatic rings. The number of ketones is 2. The Hall–Kier alpha value is -1.25. The molecule has 3 heteroatoms. The van der Waals surface area contributed by atoms with Gasteiger partial charge in [-0.05, 0) is 51.4 Å². The monoisotopic (exact) mass is 771 g/mol. The summed E-state index contributed by atoms with van der Waals surface area (Å²) in [6, 6.07) is 0. The lowest BCUT2D eigenvalue weighted by Crippen LogP contribution is -2.15. The number of allylic oxidation sites excluding steroid dienone is 2. The average molecular weight is 771 g/mol. The van der Waals surface area contributed by atoms with Gasteiger partial charge in [-0.15, -0.1) is 0 Å². The molecule has 0 N–H and O–H groups in total. The number of hydrogen-bond acceptors (Lipinski definition) is 3. The predicted molar refractivity (Wildman–Crippen MR) is 243 cm³/mol. The summed E-state index contributed by atoms with van der Waals surface area (Å²) in [4.78, 5) is 36.3. The zero-order valence-electron chi connectivity index (χ0n) is 37.6. The van der Waals surface area contributed by atoms with Gasteiger partial charge in [0.2, 0.25) is 0 Å². The van der Waals surface area contributed by atoms with Crippen molar-refractivity contribution < 1.29 is 14.4 Å². The van der Waals surface area contributed by atoms with E-state index in [1.807, 2.05) is 0 Å². The highest BCUT2D eigenvalue weighted by Crippen LogP contribution is 2.18. The van der Waals surface area contributed by atoms with Gasteiger partial charge in [-0.2, -0.15) is 0 Å². The molecule has 0 saturated heterocycles. The van der Waals surface area contributed by atoms with E-state index in [9.17, 15) is 14.4 Å². The van der Waals surface area contributed by atoms with E-state index >= 15 is 0 Å². The van der Waals surface area contributed by atoms with Crippen molar-refractivity contribution >= 4 is 17.9 Å². The first kappa shape index (κ1) is 53.8. The molecule has 0 spiro atoms. The van der Waals surface area contributed by atoms with Gasteiger partial charge in [-0.25, -0.2) is 0 Å². The van der Waals surface area contributed by atoms with Crippen LogP contribution in [0.1, 0.15) is 296 Å². The van der Waals surface area contributed by atoms with Crippen LogP contribution >= 0.6 is 0 Å². The number of carbonyl (C=O) groups is 3. The van der Waals surface area contributed by atoms with E-state index in [-0.39, 0.29) is 11.7 Å². The molecule has 0 heterocycles. The second-order valence-electron chi connectivity index (χ2n) is 17.6. The molecule has 0 amide bonds. The number of aldehydes is 1. The SMILES string of the molecule is CCCCCCCC/C=C\CCCCCCCC(=O)CCCCCCCCCCCCCCCCC(C=O)C(=O)CCCCCCCCCCCCCCC. The highest BCUT2D eigenvalue weighted by atomic mass is 16.1. The molecule has 1 unspecified atom stereocenters. The smallest absolute Gasteiger partial charge is 0.143 e. The van der Waals surface area contributed by atoms with E-state index in [2.05, 4.69) is 26.0 Å². The first-order chi connectivity index (χ1) is 27.2. The lowest BCUT2D eigenvalue weighted by Gasteiger charge is -2.09. The first-order valence-corrected chi connectivity index (χ1v) is 25.3. The Labute approximate surface area is 345 Å². The van der Waals surface area contributed by atoms with Crippen molar-refractivity contribution in [3.63, 3.8) is 0 Å². The highest BCUT2D eigenvalue weighted by Gasteiger charge is 2.16. The van der Waals surface area contributed by atoms with Gasteiger partial charge in [-0.3, -0.25) is 9.59 Å². The molecule has 0 aliphatic carbocycles.